The number of hydrogen-bond acceptors (Lipinski definition) is 16. The third-order valence-electron chi connectivity index (χ3n) is 14.2. The molecule has 0 aliphatic rings. The molecule has 18 heteroatoms. The van der Waals surface area contributed by atoms with Crippen molar-refractivity contribution in [1.82, 2.24) is 79.7 Å². The molecule has 4 aromatic carbocycles. The minimum atomic E-state index is 0. The number of benzene rings is 4. The average Bonchev–Trinajstić information content (AvgIpc) is 0.753. The number of aromatic nitrogens is 16. The second kappa shape index (κ2) is 31.8. The minimum absolute atomic E-state index is 0. The Morgan fingerprint density at radius 3 is 0.468 bits per heavy atom. The zero-order chi connectivity index (χ0) is 61.9. The summed E-state index contributed by atoms with van der Waals surface area (Å²) in [5, 5.41) is 3.95. The van der Waals surface area contributed by atoms with E-state index in [1.807, 2.05) is 243 Å². The van der Waals surface area contributed by atoms with Crippen molar-refractivity contribution >= 4 is 87.7 Å². The van der Waals surface area contributed by atoms with Crippen LogP contribution in [0.3, 0.4) is 0 Å². The van der Waals surface area contributed by atoms with Crippen LogP contribution >= 0.6 is 0 Å². The molecule has 16 nitrogen and oxygen atoms in total. The van der Waals surface area contributed by atoms with Gasteiger partial charge in [-0.15, -0.1) is 0 Å². The van der Waals surface area contributed by atoms with Crippen LogP contribution in [-0.2, 0) is 39.6 Å². The smallest absolute Gasteiger partial charge is 0.255 e. The zero-order valence-corrected chi connectivity index (χ0v) is 55.0. The fourth-order valence-electron chi connectivity index (χ4n) is 10.0. The summed E-state index contributed by atoms with van der Waals surface area (Å²) in [6, 6.07) is 78.0. The molecule has 0 N–H and O–H groups in total. The zero-order valence-electron chi connectivity index (χ0n) is 49.9. The van der Waals surface area contributed by atoms with Crippen LogP contribution in [0.15, 0.2) is 317 Å². The second-order valence-corrected chi connectivity index (χ2v) is 20.1. The van der Waals surface area contributed by atoms with Gasteiger partial charge in [0, 0.05) is 95.9 Å². The molecule has 0 saturated carbocycles. The van der Waals surface area contributed by atoms with Gasteiger partial charge in [-0.25, -0.2) is 19.9 Å². The van der Waals surface area contributed by atoms with Crippen LogP contribution in [0.5, 0.6) is 0 Å². The minimum Gasteiger partial charge on any atom is -0.255 e. The van der Waals surface area contributed by atoms with E-state index >= 15 is 0 Å². The van der Waals surface area contributed by atoms with Gasteiger partial charge in [0.15, 0.2) is 0 Å². The molecule has 0 amide bonds. The summed E-state index contributed by atoms with van der Waals surface area (Å²) in [7, 11) is 0. The van der Waals surface area contributed by atoms with Crippen LogP contribution in [0, 0.1) is 0 Å². The fraction of sp³-hybridized carbons (Fsp3) is 0. The van der Waals surface area contributed by atoms with E-state index in [9.17, 15) is 0 Å². The van der Waals surface area contributed by atoms with E-state index < -0.39 is 0 Å². The first-order valence-corrected chi connectivity index (χ1v) is 29.4. The van der Waals surface area contributed by atoms with Crippen LogP contribution < -0.4 is 0 Å². The Labute approximate surface area is 565 Å². The maximum Gasteiger partial charge on any atom is 4.00 e. The van der Waals surface area contributed by atoms with Gasteiger partial charge in [-0.2, -0.15) is 0 Å². The molecule has 14 heterocycles. The number of fused-ring (bicyclic) bond motifs is 14. The summed E-state index contributed by atoms with van der Waals surface area (Å²) in [5.74, 6) is 0. The van der Waals surface area contributed by atoms with Crippen molar-refractivity contribution in [2.75, 3.05) is 0 Å². The molecule has 0 fully saturated rings. The van der Waals surface area contributed by atoms with Gasteiger partial charge in [-0.05, 0) is 170 Å². The first kappa shape index (κ1) is 63.7. The number of hydrogen-bond donors (Lipinski definition) is 0. The number of nitrogens with zero attached hydrogens (tertiary/aromatic N) is 16. The standard InChI is InChI=1S/2C18H10N4.4C10H8N2.2Os/c2*1-2-8-14-13(7-1)21-17-11-5-3-9-19-15(11)16-12(18(17)22-14)6-4-10-20-16;4*1-3-7-11-9(5-1)10-6-2-4-8-12-10;;/h2*1-10H;4*1-8H;;/q;;;;;;+2;+4. The maximum atomic E-state index is 4.83. The molecule has 446 valence electrons. The van der Waals surface area contributed by atoms with Crippen molar-refractivity contribution in [2.24, 2.45) is 0 Å². The van der Waals surface area contributed by atoms with Crippen LogP contribution in [0.2, 0.25) is 0 Å². The molecule has 0 unspecified atom stereocenters. The van der Waals surface area contributed by atoms with E-state index in [4.69, 9.17) is 19.9 Å². The molecule has 0 atom stereocenters. The van der Waals surface area contributed by atoms with Crippen molar-refractivity contribution in [3.63, 3.8) is 0 Å². The molecular formula is C76H52N16Os2+6. The third-order valence-corrected chi connectivity index (χ3v) is 14.2. The van der Waals surface area contributed by atoms with Crippen LogP contribution in [0.1, 0.15) is 0 Å². The number of pyridine rings is 12. The van der Waals surface area contributed by atoms with Gasteiger partial charge in [-0.3, -0.25) is 59.8 Å². The van der Waals surface area contributed by atoms with E-state index in [1.165, 1.54) is 0 Å². The van der Waals surface area contributed by atoms with Crippen molar-refractivity contribution < 1.29 is 39.6 Å². The van der Waals surface area contributed by atoms with E-state index in [2.05, 4.69) is 59.8 Å². The topological polar surface area (TPSA) is 206 Å². The molecule has 94 heavy (non-hydrogen) atoms. The first-order valence-electron chi connectivity index (χ1n) is 29.4. The van der Waals surface area contributed by atoms with Gasteiger partial charge < -0.3 is 0 Å². The molecule has 0 saturated heterocycles. The normalized spacial score (nSPS) is 10.4. The van der Waals surface area contributed by atoms with Gasteiger partial charge >= 0.3 is 39.6 Å². The van der Waals surface area contributed by atoms with Crippen molar-refractivity contribution in [3.05, 3.63) is 317 Å². The van der Waals surface area contributed by atoms with E-state index in [-0.39, 0.29) is 39.6 Å². The molecule has 14 aromatic heterocycles. The Bertz CT molecular complexity index is 4570. The number of rotatable bonds is 4. The first-order chi connectivity index (χ1) is 45.7. The summed E-state index contributed by atoms with van der Waals surface area (Å²) in [4.78, 5) is 70.8. The number of para-hydroxylation sites is 4. The molecule has 0 aliphatic carbocycles. The summed E-state index contributed by atoms with van der Waals surface area (Å²) >= 11 is 0. The van der Waals surface area contributed by atoms with Crippen molar-refractivity contribution in [1.29, 1.82) is 0 Å². The molecular weight excluding hydrogens is 1520 g/mol. The van der Waals surface area contributed by atoms with Gasteiger partial charge in [0.05, 0.1) is 112 Å². The second-order valence-electron chi connectivity index (χ2n) is 20.1. The Hall–Kier alpha value is -11.8. The van der Waals surface area contributed by atoms with Crippen LogP contribution in [0.25, 0.3) is 133 Å². The van der Waals surface area contributed by atoms with Crippen LogP contribution in [-0.4, -0.2) is 79.7 Å². The summed E-state index contributed by atoms with van der Waals surface area (Å²) in [6.07, 6.45) is 21.3. The van der Waals surface area contributed by atoms with Crippen molar-refractivity contribution in [3.8, 4) is 45.6 Å². The summed E-state index contributed by atoms with van der Waals surface area (Å²) < 4.78 is 0. The summed E-state index contributed by atoms with van der Waals surface area (Å²) in [6.45, 7) is 0. The predicted octanol–water partition coefficient (Wildman–Crippen LogP) is 16.3. The Balaban J connectivity index is 0.000000118. The van der Waals surface area contributed by atoms with Crippen LogP contribution in [0.4, 0.5) is 0 Å². The van der Waals surface area contributed by atoms with E-state index in [0.717, 1.165) is 133 Å². The van der Waals surface area contributed by atoms with Gasteiger partial charge in [0.1, 0.15) is 0 Å². The Morgan fingerprint density at radius 1 is 0.149 bits per heavy atom. The van der Waals surface area contributed by atoms with E-state index in [1.54, 1.807) is 74.4 Å². The van der Waals surface area contributed by atoms with E-state index in [0.29, 0.717) is 0 Å². The largest absolute Gasteiger partial charge is 4.00 e. The fourth-order valence-corrected chi connectivity index (χ4v) is 10.0. The molecule has 18 aromatic rings. The molecule has 0 aliphatic heterocycles. The average molecular weight is 1570 g/mol. The quantitative estimate of drug-likeness (QED) is 0.119. The molecule has 18 rings (SSSR count). The Kier molecular flexibility index (Phi) is 21.5. The third kappa shape index (κ3) is 15.2. The molecule has 0 radical (unpaired) electrons. The molecule has 0 spiro atoms. The van der Waals surface area contributed by atoms with Gasteiger partial charge in [0.25, 0.3) is 0 Å². The summed E-state index contributed by atoms with van der Waals surface area (Å²) in [5.41, 5.74) is 17.9. The van der Waals surface area contributed by atoms with Gasteiger partial charge in [0.2, 0.25) is 0 Å². The SMILES string of the molecule is [Os+2].[Os+4].c1ccc(-c2ccccn2)nc1.c1ccc(-c2ccccn2)nc1.c1ccc(-c2ccccn2)nc1.c1ccc(-c2ccccn2)nc1.c1ccc2nc3c4cccnc4c4ncccc4c3nc2c1.c1ccc2nc3c4cccnc4c4ncccc4c3nc2c1. The van der Waals surface area contributed by atoms with Crippen molar-refractivity contribution in [2.45, 2.75) is 0 Å². The monoisotopic (exact) mass is 1570 g/mol. The predicted molar refractivity (Wildman–Crippen MR) is 365 cm³/mol. The molecule has 0 bridgehead atoms. The van der Waals surface area contributed by atoms with Gasteiger partial charge in [-0.1, -0.05) is 72.8 Å². The Morgan fingerprint density at radius 2 is 0.309 bits per heavy atom. The maximum absolute atomic E-state index is 4.83.